The van der Waals surface area contributed by atoms with Gasteiger partial charge in [-0.15, -0.1) is 0 Å². The molecule has 3 aromatic rings. The van der Waals surface area contributed by atoms with Crippen molar-refractivity contribution in [3.8, 4) is 11.3 Å². The van der Waals surface area contributed by atoms with Crippen LogP contribution in [0.2, 0.25) is 0 Å². The predicted molar refractivity (Wildman–Crippen MR) is 110 cm³/mol. The van der Waals surface area contributed by atoms with Gasteiger partial charge in [0.25, 0.3) is 0 Å². The maximum atomic E-state index is 5.40. The highest BCUT2D eigenvalue weighted by Crippen LogP contribution is 2.34. The van der Waals surface area contributed by atoms with Crippen LogP contribution >= 0.6 is 0 Å². The first-order chi connectivity index (χ1) is 13.9. The maximum absolute atomic E-state index is 5.40. The zero-order chi connectivity index (χ0) is 18.8. The number of nitrogens with zero attached hydrogens (tertiary/aromatic N) is 4. The molecule has 1 saturated carbocycles. The van der Waals surface area contributed by atoms with E-state index in [0.717, 1.165) is 42.8 Å². The molecule has 1 aliphatic carbocycles. The molecule has 5 nitrogen and oxygen atoms in total. The van der Waals surface area contributed by atoms with Gasteiger partial charge in [-0.25, -0.2) is 9.97 Å². The Labute approximate surface area is 166 Å². The van der Waals surface area contributed by atoms with Gasteiger partial charge in [0.05, 0.1) is 6.20 Å². The normalized spacial score (nSPS) is 18.0. The molecule has 3 heterocycles. The first-order valence-corrected chi connectivity index (χ1v) is 10.3. The van der Waals surface area contributed by atoms with Gasteiger partial charge in [0.1, 0.15) is 5.82 Å². The predicted octanol–water partition coefficient (Wildman–Crippen LogP) is 4.37. The lowest BCUT2D eigenvalue weighted by Crippen LogP contribution is -2.45. The number of piperidine rings is 1. The molecule has 2 aliphatic rings. The molecular formula is C23H26N4O. The van der Waals surface area contributed by atoms with Crippen LogP contribution in [0.1, 0.15) is 31.2 Å². The molecule has 1 saturated heterocycles. The molecule has 0 N–H and O–H groups in total. The summed E-state index contributed by atoms with van der Waals surface area (Å²) in [5, 5.41) is 0. The van der Waals surface area contributed by atoms with Gasteiger partial charge in [-0.2, -0.15) is 0 Å². The topological polar surface area (TPSA) is 45.4 Å². The van der Waals surface area contributed by atoms with Crippen LogP contribution in [0.25, 0.3) is 11.3 Å². The molecule has 0 atom stereocenters. The third kappa shape index (κ3) is 3.80. The van der Waals surface area contributed by atoms with Crippen LogP contribution in [0.4, 0.5) is 5.82 Å². The van der Waals surface area contributed by atoms with E-state index >= 15 is 0 Å². The Morgan fingerprint density at radius 1 is 0.964 bits per heavy atom. The Bertz CT molecular complexity index is 867. The molecule has 28 heavy (non-hydrogen) atoms. The SMILES string of the molecule is c1ccc(N2CCC(N(Cc3ccc(-c4cnco4)cc3)C3CC3)CC2)nc1. The van der Waals surface area contributed by atoms with Crippen molar-refractivity contribution in [3.05, 3.63) is 66.8 Å². The molecule has 0 radical (unpaired) electrons. The standard InChI is InChI=1S/C23H26N4O/c1-2-12-25-23(3-1)26-13-10-21(11-14-26)27(20-8-9-20)16-18-4-6-19(7-5-18)22-15-24-17-28-22/h1-7,12,15,17,20-21H,8-11,13-14,16H2. The van der Waals surface area contributed by atoms with Crippen molar-refractivity contribution >= 4 is 5.82 Å². The number of anilines is 1. The Morgan fingerprint density at radius 3 is 2.39 bits per heavy atom. The van der Waals surface area contributed by atoms with Crippen molar-refractivity contribution in [1.82, 2.24) is 14.9 Å². The zero-order valence-corrected chi connectivity index (χ0v) is 16.1. The first-order valence-electron chi connectivity index (χ1n) is 10.3. The lowest BCUT2D eigenvalue weighted by atomic mass is 10.0. The number of hydrogen-bond donors (Lipinski definition) is 0. The number of hydrogen-bond acceptors (Lipinski definition) is 5. The molecule has 5 rings (SSSR count). The van der Waals surface area contributed by atoms with Gasteiger partial charge in [-0.3, -0.25) is 4.90 Å². The number of pyridine rings is 1. The van der Waals surface area contributed by atoms with Crippen LogP contribution in [0.3, 0.4) is 0 Å². The van der Waals surface area contributed by atoms with Crippen LogP contribution in [-0.4, -0.2) is 40.0 Å². The van der Waals surface area contributed by atoms with E-state index in [9.17, 15) is 0 Å². The summed E-state index contributed by atoms with van der Waals surface area (Å²) in [4.78, 5) is 13.7. The third-order valence-electron chi connectivity index (χ3n) is 5.96. The summed E-state index contributed by atoms with van der Waals surface area (Å²) in [7, 11) is 0. The average Bonchev–Trinajstić information content (AvgIpc) is 3.46. The van der Waals surface area contributed by atoms with Crippen molar-refractivity contribution < 1.29 is 4.42 Å². The van der Waals surface area contributed by atoms with Gasteiger partial charge in [-0.05, 0) is 43.4 Å². The van der Waals surface area contributed by atoms with Crippen LogP contribution < -0.4 is 4.90 Å². The van der Waals surface area contributed by atoms with E-state index in [0.29, 0.717) is 6.04 Å². The van der Waals surface area contributed by atoms with Crippen LogP contribution in [-0.2, 0) is 6.54 Å². The molecule has 144 valence electrons. The number of rotatable bonds is 6. The summed E-state index contributed by atoms with van der Waals surface area (Å²) in [5.74, 6) is 1.94. The van der Waals surface area contributed by atoms with Crippen LogP contribution in [0.15, 0.2) is 65.7 Å². The highest BCUT2D eigenvalue weighted by atomic mass is 16.3. The number of oxazole rings is 1. The van der Waals surface area contributed by atoms with E-state index in [-0.39, 0.29) is 0 Å². The molecule has 0 bridgehead atoms. The quantitative estimate of drug-likeness (QED) is 0.641. The molecule has 5 heteroatoms. The Balaban J connectivity index is 1.23. The highest BCUT2D eigenvalue weighted by Gasteiger charge is 2.35. The lowest BCUT2D eigenvalue weighted by molar-refractivity contribution is 0.151. The molecular weight excluding hydrogens is 348 g/mol. The van der Waals surface area contributed by atoms with Gasteiger partial charge in [0.15, 0.2) is 12.2 Å². The summed E-state index contributed by atoms with van der Waals surface area (Å²) in [5.41, 5.74) is 2.46. The minimum absolute atomic E-state index is 0.668. The molecule has 0 spiro atoms. The summed E-state index contributed by atoms with van der Waals surface area (Å²) in [6.07, 6.45) is 10.2. The molecule has 1 aliphatic heterocycles. The van der Waals surface area contributed by atoms with E-state index < -0.39 is 0 Å². The molecule has 0 unspecified atom stereocenters. The second-order valence-electron chi connectivity index (χ2n) is 7.87. The summed E-state index contributed by atoms with van der Waals surface area (Å²) >= 11 is 0. The van der Waals surface area contributed by atoms with Crippen molar-refractivity contribution in [2.24, 2.45) is 0 Å². The second-order valence-corrected chi connectivity index (χ2v) is 7.87. The first kappa shape index (κ1) is 17.4. The van der Waals surface area contributed by atoms with E-state index in [1.54, 1.807) is 6.20 Å². The molecule has 2 aromatic heterocycles. The van der Waals surface area contributed by atoms with Gasteiger partial charge < -0.3 is 9.32 Å². The van der Waals surface area contributed by atoms with Crippen molar-refractivity contribution in [2.45, 2.75) is 44.3 Å². The minimum Gasteiger partial charge on any atom is -0.444 e. The fourth-order valence-electron chi connectivity index (χ4n) is 4.27. The third-order valence-corrected chi connectivity index (χ3v) is 5.96. The van der Waals surface area contributed by atoms with Gasteiger partial charge in [-0.1, -0.05) is 30.3 Å². The summed E-state index contributed by atoms with van der Waals surface area (Å²) in [6, 6.07) is 16.4. The van der Waals surface area contributed by atoms with E-state index in [1.807, 2.05) is 12.3 Å². The molecule has 1 aromatic carbocycles. The monoisotopic (exact) mass is 374 g/mol. The van der Waals surface area contributed by atoms with Crippen molar-refractivity contribution in [2.75, 3.05) is 18.0 Å². The van der Waals surface area contributed by atoms with E-state index in [2.05, 4.69) is 56.2 Å². The Kier molecular flexibility index (Phi) is 4.83. The second kappa shape index (κ2) is 7.76. The van der Waals surface area contributed by atoms with Crippen molar-refractivity contribution in [1.29, 1.82) is 0 Å². The summed E-state index contributed by atoms with van der Waals surface area (Å²) < 4.78 is 5.40. The minimum atomic E-state index is 0.668. The summed E-state index contributed by atoms with van der Waals surface area (Å²) in [6.45, 7) is 3.22. The maximum Gasteiger partial charge on any atom is 0.181 e. The van der Waals surface area contributed by atoms with Gasteiger partial charge in [0.2, 0.25) is 0 Å². The van der Waals surface area contributed by atoms with E-state index in [4.69, 9.17) is 4.42 Å². The lowest BCUT2D eigenvalue weighted by Gasteiger charge is -2.39. The van der Waals surface area contributed by atoms with Crippen LogP contribution in [0.5, 0.6) is 0 Å². The fraction of sp³-hybridized carbons (Fsp3) is 0.391. The Morgan fingerprint density at radius 2 is 1.75 bits per heavy atom. The van der Waals surface area contributed by atoms with Gasteiger partial charge >= 0.3 is 0 Å². The zero-order valence-electron chi connectivity index (χ0n) is 16.1. The largest absolute Gasteiger partial charge is 0.444 e. The highest BCUT2D eigenvalue weighted by molar-refractivity contribution is 5.56. The molecule has 2 fully saturated rings. The smallest absolute Gasteiger partial charge is 0.181 e. The number of benzene rings is 1. The fourth-order valence-corrected chi connectivity index (χ4v) is 4.27. The average molecular weight is 374 g/mol. The van der Waals surface area contributed by atoms with Gasteiger partial charge in [0, 0.05) is 43.5 Å². The Hall–Kier alpha value is -2.66. The molecule has 0 amide bonds. The van der Waals surface area contributed by atoms with E-state index in [1.165, 1.54) is 37.6 Å². The van der Waals surface area contributed by atoms with Crippen molar-refractivity contribution in [3.63, 3.8) is 0 Å². The number of aromatic nitrogens is 2. The van der Waals surface area contributed by atoms with Crippen LogP contribution in [0, 0.1) is 0 Å².